The zero-order chi connectivity index (χ0) is 37.4. The number of unbranched alkanes of at least 4 members (excludes halogenated alkanes) is 16. The minimum absolute atomic E-state index is 0.147. The number of likely N-dealkylation sites (tertiary alicyclic amines) is 1. The van der Waals surface area contributed by atoms with E-state index in [0.717, 1.165) is 83.7 Å². The van der Waals surface area contributed by atoms with Crippen molar-refractivity contribution in [1.29, 1.82) is 0 Å². The van der Waals surface area contributed by atoms with Gasteiger partial charge in [0, 0.05) is 12.8 Å². The number of carbonyl (C=O) groups excluding carboxylic acids is 2. The maximum absolute atomic E-state index is 12.5. The van der Waals surface area contributed by atoms with Crippen LogP contribution in [0.3, 0.4) is 0 Å². The Morgan fingerprint density at radius 1 is 0.538 bits per heavy atom. The summed E-state index contributed by atoms with van der Waals surface area (Å²) in [7, 11) is 0. The van der Waals surface area contributed by atoms with E-state index >= 15 is 0 Å². The molecule has 1 fully saturated rings. The number of rotatable bonds is 37. The van der Waals surface area contributed by atoms with Crippen LogP contribution < -0.4 is 5.32 Å². The van der Waals surface area contributed by atoms with Crippen molar-refractivity contribution >= 4 is 11.9 Å². The Labute approximate surface area is 321 Å². The van der Waals surface area contributed by atoms with Gasteiger partial charge in [0.25, 0.3) is 0 Å². The van der Waals surface area contributed by atoms with Gasteiger partial charge in [-0.05, 0) is 122 Å². The molecular formula is C46H82N2O4. The maximum Gasteiger partial charge on any atom is 0.305 e. The zero-order valence-electron chi connectivity index (χ0n) is 34.1. The second kappa shape index (κ2) is 38.5. The summed E-state index contributed by atoms with van der Waals surface area (Å²) in [6, 6.07) is -0.166. The first-order valence-electron chi connectivity index (χ1n) is 22.0. The topological polar surface area (TPSA) is 67.9 Å². The van der Waals surface area contributed by atoms with E-state index in [0.29, 0.717) is 12.8 Å². The van der Waals surface area contributed by atoms with Gasteiger partial charge in [0.15, 0.2) is 0 Å². The van der Waals surface area contributed by atoms with E-state index < -0.39 is 0 Å². The van der Waals surface area contributed by atoms with Crippen LogP contribution in [-0.2, 0) is 19.1 Å². The smallest absolute Gasteiger partial charge is 0.305 e. The highest BCUT2D eigenvalue weighted by atomic mass is 16.5. The molecule has 1 N–H and O–H groups in total. The summed E-state index contributed by atoms with van der Waals surface area (Å²) in [5.74, 6) is -0.294. The van der Waals surface area contributed by atoms with Gasteiger partial charge in [-0.25, -0.2) is 0 Å². The van der Waals surface area contributed by atoms with Crippen molar-refractivity contribution in [3.63, 3.8) is 0 Å². The van der Waals surface area contributed by atoms with Crippen LogP contribution in [-0.4, -0.2) is 62.3 Å². The lowest BCUT2D eigenvalue weighted by Crippen LogP contribution is -2.40. The number of nitrogens with one attached hydrogen (secondary N) is 1. The number of allylic oxidation sites excluding steroid dienone is 8. The molecule has 0 aromatic heterocycles. The van der Waals surface area contributed by atoms with E-state index in [1.807, 2.05) is 0 Å². The normalized spacial score (nSPS) is 14.0. The highest BCUT2D eigenvalue weighted by Gasteiger charge is 2.16. The van der Waals surface area contributed by atoms with Crippen LogP contribution in [0.4, 0.5) is 0 Å². The van der Waals surface area contributed by atoms with E-state index in [4.69, 9.17) is 9.47 Å². The molecule has 0 radical (unpaired) electrons. The molecule has 300 valence electrons. The van der Waals surface area contributed by atoms with Crippen LogP contribution in [0.2, 0.25) is 0 Å². The lowest BCUT2D eigenvalue weighted by Gasteiger charge is -2.20. The monoisotopic (exact) mass is 727 g/mol. The standard InChI is InChI=1S/C46H82N2O4/c1-3-5-7-9-11-13-15-17-19-21-23-25-27-29-31-36-45(49)51-42-44(47-38-35-41-48-39-33-34-40-48)43-52-46(50)37-32-30-28-26-24-22-20-18-16-14-12-10-8-6-4-2/h11-14,17-20,44,47H,3-10,15-16,21-43H2,1-2H3/b13-11-,14-12-,19-17-,20-18-. The van der Waals surface area contributed by atoms with Gasteiger partial charge in [-0.2, -0.15) is 0 Å². The first-order valence-corrected chi connectivity index (χ1v) is 22.0. The van der Waals surface area contributed by atoms with E-state index in [2.05, 4.69) is 72.7 Å². The molecule has 52 heavy (non-hydrogen) atoms. The average molecular weight is 727 g/mol. The summed E-state index contributed by atoms with van der Waals surface area (Å²) >= 11 is 0. The molecule has 0 unspecified atom stereocenters. The fourth-order valence-electron chi connectivity index (χ4n) is 6.47. The molecule has 0 bridgehead atoms. The summed E-state index contributed by atoms with van der Waals surface area (Å²) < 4.78 is 11.3. The van der Waals surface area contributed by atoms with Crippen LogP contribution in [0.5, 0.6) is 0 Å². The van der Waals surface area contributed by atoms with Gasteiger partial charge < -0.3 is 19.7 Å². The van der Waals surface area contributed by atoms with Crippen LogP contribution >= 0.6 is 0 Å². The van der Waals surface area contributed by atoms with Gasteiger partial charge in [0.05, 0.1) is 6.04 Å². The molecule has 1 aliphatic heterocycles. The van der Waals surface area contributed by atoms with Crippen molar-refractivity contribution in [1.82, 2.24) is 10.2 Å². The predicted octanol–water partition coefficient (Wildman–Crippen LogP) is 12.1. The number of ether oxygens (including phenoxy) is 2. The fourth-order valence-corrected chi connectivity index (χ4v) is 6.47. The minimum Gasteiger partial charge on any atom is -0.464 e. The van der Waals surface area contributed by atoms with E-state index in [-0.39, 0.29) is 31.2 Å². The largest absolute Gasteiger partial charge is 0.464 e. The van der Waals surface area contributed by atoms with Gasteiger partial charge in [-0.3, -0.25) is 9.59 Å². The quantitative estimate of drug-likeness (QED) is 0.0390. The lowest BCUT2D eigenvalue weighted by atomic mass is 10.1. The Hall–Kier alpha value is -2.18. The summed E-state index contributed by atoms with van der Waals surface area (Å²) in [4.78, 5) is 27.5. The van der Waals surface area contributed by atoms with Crippen molar-refractivity contribution in [3.05, 3.63) is 48.6 Å². The molecule has 0 aromatic carbocycles. The van der Waals surface area contributed by atoms with Crippen molar-refractivity contribution in [2.24, 2.45) is 0 Å². The van der Waals surface area contributed by atoms with E-state index in [9.17, 15) is 9.59 Å². The van der Waals surface area contributed by atoms with Crippen LogP contribution in [0.1, 0.15) is 187 Å². The molecule has 6 nitrogen and oxygen atoms in total. The number of carbonyl (C=O) groups is 2. The molecule has 0 atom stereocenters. The van der Waals surface area contributed by atoms with Gasteiger partial charge in [0.1, 0.15) is 13.2 Å². The molecule has 0 spiro atoms. The molecule has 1 aliphatic rings. The first-order chi connectivity index (χ1) is 25.7. The van der Waals surface area contributed by atoms with Crippen molar-refractivity contribution < 1.29 is 19.1 Å². The summed E-state index contributed by atoms with van der Waals surface area (Å²) in [5.41, 5.74) is 0. The van der Waals surface area contributed by atoms with Crippen LogP contribution in [0.25, 0.3) is 0 Å². The Bertz CT molecular complexity index is 859. The van der Waals surface area contributed by atoms with Crippen molar-refractivity contribution in [3.8, 4) is 0 Å². The number of hydrogen-bond acceptors (Lipinski definition) is 6. The zero-order valence-corrected chi connectivity index (χ0v) is 34.1. The molecule has 0 aromatic rings. The van der Waals surface area contributed by atoms with Crippen molar-refractivity contribution in [2.45, 2.75) is 193 Å². The Balaban J connectivity index is 2.16. The molecule has 1 rings (SSSR count). The summed E-state index contributed by atoms with van der Waals surface area (Å²) in [6.07, 6.45) is 48.5. The second-order valence-corrected chi connectivity index (χ2v) is 14.9. The van der Waals surface area contributed by atoms with Gasteiger partial charge >= 0.3 is 11.9 Å². The molecule has 0 saturated carbocycles. The third kappa shape index (κ3) is 33.6. The molecule has 0 amide bonds. The summed E-state index contributed by atoms with van der Waals surface area (Å²) in [6.45, 7) is 9.29. The number of esters is 2. The Morgan fingerprint density at radius 2 is 0.942 bits per heavy atom. The van der Waals surface area contributed by atoms with Gasteiger partial charge in [-0.1, -0.05) is 127 Å². The summed E-state index contributed by atoms with van der Waals surface area (Å²) in [5, 5.41) is 3.50. The fraction of sp³-hybridized carbons (Fsp3) is 0.783. The molecule has 1 heterocycles. The third-order valence-electron chi connectivity index (χ3n) is 9.84. The molecule has 0 aliphatic carbocycles. The maximum atomic E-state index is 12.5. The van der Waals surface area contributed by atoms with Crippen LogP contribution in [0, 0.1) is 0 Å². The third-order valence-corrected chi connectivity index (χ3v) is 9.84. The molecular weight excluding hydrogens is 645 g/mol. The van der Waals surface area contributed by atoms with E-state index in [1.165, 1.54) is 103 Å². The van der Waals surface area contributed by atoms with Crippen molar-refractivity contribution in [2.75, 3.05) is 39.4 Å². The Kier molecular flexibility index (Phi) is 35.5. The second-order valence-electron chi connectivity index (χ2n) is 14.9. The van der Waals surface area contributed by atoms with Gasteiger partial charge in [0.2, 0.25) is 0 Å². The van der Waals surface area contributed by atoms with Crippen LogP contribution in [0.15, 0.2) is 48.6 Å². The van der Waals surface area contributed by atoms with Gasteiger partial charge in [-0.15, -0.1) is 0 Å². The minimum atomic E-state index is -0.166. The van der Waals surface area contributed by atoms with E-state index in [1.54, 1.807) is 0 Å². The number of nitrogens with zero attached hydrogens (tertiary/aromatic N) is 1. The molecule has 6 heteroatoms. The number of hydrogen-bond donors (Lipinski definition) is 1. The predicted molar refractivity (Wildman–Crippen MR) is 223 cm³/mol. The Morgan fingerprint density at radius 3 is 1.38 bits per heavy atom. The first kappa shape index (κ1) is 47.8. The highest BCUT2D eigenvalue weighted by molar-refractivity contribution is 5.69. The average Bonchev–Trinajstić information content (AvgIpc) is 3.68. The SMILES string of the molecule is CCCCC/C=C\C/C=C\CCCCCCCC(=O)OCC(COC(=O)CCCCCCC/C=C\C/C=C\CCCCC)NCCCN1CCCC1. The molecule has 1 saturated heterocycles. The highest BCUT2D eigenvalue weighted by Crippen LogP contribution is 2.11. The lowest BCUT2D eigenvalue weighted by molar-refractivity contribution is -0.147.